The molecule has 2 N–H and O–H groups in total. The Kier molecular flexibility index (Phi) is 4.61. The monoisotopic (exact) mass is 277 g/mol. The van der Waals surface area contributed by atoms with Gasteiger partial charge < -0.3 is 15.1 Å². The highest BCUT2D eigenvalue weighted by atomic mass is 16.4. The average molecular weight is 277 g/mol. The predicted octanol–water partition coefficient (Wildman–Crippen LogP) is 2.25. The molecule has 1 atom stereocenters. The number of hydrogen-bond acceptors (Lipinski definition) is 3. The number of hydrogen-bond donors (Lipinski definition) is 2. The molecule has 0 saturated carbocycles. The standard InChI is InChI=1S/C15H19NO4/c17-13-7-4-11(5-8-13)15(20)16-10-2-1-3-12(16)6-9-14(18)19/h4-5,7-8,12,17H,1-3,6,9-10H2,(H,18,19). The lowest BCUT2D eigenvalue weighted by Gasteiger charge is -2.35. The highest BCUT2D eigenvalue weighted by Gasteiger charge is 2.27. The van der Waals surface area contributed by atoms with E-state index >= 15 is 0 Å². The van der Waals surface area contributed by atoms with Crippen LogP contribution in [0, 0.1) is 0 Å². The van der Waals surface area contributed by atoms with Crippen LogP contribution >= 0.6 is 0 Å². The summed E-state index contributed by atoms with van der Waals surface area (Å²) in [6.07, 6.45) is 3.43. The van der Waals surface area contributed by atoms with Gasteiger partial charge in [0.25, 0.3) is 5.91 Å². The third-order valence-electron chi connectivity index (χ3n) is 3.69. The summed E-state index contributed by atoms with van der Waals surface area (Å²) in [7, 11) is 0. The lowest BCUT2D eigenvalue weighted by molar-refractivity contribution is -0.137. The van der Waals surface area contributed by atoms with E-state index in [1.54, 1.807) is 17.0 Å². The summed E-state index contributed by atoms with van der Waals surface area (Å²) in [5, 5.41) is 18.0. The summed E-state index contributed by atoms with van der Waals surface area (Å²) >= 11 is 0. The summed E-state index contributed by atoms with van der Waals surface area (Å²) in [6, 6.07) is 6.18. The van der Waals surface area contributed by atoms with Crippen molar-refractivity contribution >= 4 is 11.9 Å². The zero-order valence-corrected chi connectivity index (χ0v) is 11.3. The van der Waals surface area contributed by atoms with E-state index in [2.05, 4.69) is 0 Å². The Balaban J connectivity index is 2.08. The second-order valence-corrected chi connectivity index (χ2v) is 5.13. The van der Waals surface area contributed by atoms with Crippen LogP contribution in [0.3, 0.4) is 0 Å². The molecule has 1 aliphatic heterocycles. The molecule has 0 aliphatic carbocycles. The molecule has 0 radical (unpaired) electrons. The lowest BCUT2D eigenvalue weighted by atomic mass is 9.97. The summed E-state index contributed by atoms with van der Waals surface area (Å²) < 4.78 is 0. The highest BCUT2D eigenvalue weighted by molar-refractivity contribution is 5.94. The number of carboxylic acids is 1. The first-order chi connectivity index (χ1) is 9.58. The fraction of sp³-hybridized carbons (Fsp3) is 0.467. The number of phenolic OH excluding ortho intramolecular Hbond substituents is 1. The third-order valence-corrected chi connectivity index (χ3v) is 3.69. The number of carboxylic acid groups (broad SMARTS) is 1. The smallest absolute Gasteiger partial charge is 0.303 e. The minimum atomic E-state index is -0.826. The first kappa shape index (κ1) is 14.4. The fourth-order valence-electron chi connectivity index (χ4n) is 2.63. The molecule has 2 rings (SSSR count). The maximum Gasteiger partial charge on any atom is 0.303 e. The molecule has 1 amide bonds. The third kappa shape index (κ3) is 3.50. The molecule has 1 aromatic rings. The molecule has 0 spiro atoms. The first-order valence-electron chi connectivity index (χ1n) is 6.89. The maximum atomic E-state index is 12.5. The van der Waals surface area contributed by atoms with Crippen molar-refractivity contribution in [3.63, 3.8) is 0 Å². The van der Waals surface area contributed by atoms with Gasteiger partial charge in [0.15, 0.2) is 0 Å². The number of rotatable bonds is 4. The van der Waals surface area contributed by atoms with Gasteiger partial charge in [-0.05, 0) is 49.9 Å². The summed E-state index contributed by atoms with van der Waals surface area (Å²) in [4.78, 5) is 24.9. The van der Waals surface area contributed by atoms with Crippen LogP contribution in [0.1, 0.15) is 42.5 Å². The van der Waals surface area contributed by atoms with Gasteiger partial charge in [-0.1, -0.05) is 0 Å². The molecule has 20 heavy (non-hydrogen) atoms. The number of carbonyl (C=O) groups is 2. The first-order valence-corrected chi connectivity index (χ1v) is 6.89. The molecule has 1 aliphatic rings. The van der Waals surface area contributed by atoms with Crippen molar-refractivity contribution in [1.82, 2.24) is 4.90 Å². The van der Waals surface area contributed by atoms with Crippen LogP contribution in [0.4, 0.5) is 0 Å². The van der Waals surface area contributed by atoms with Crippen molar-refractivity contribution < 1.29 is 19.8 Å². The Bertz CT molecular complexity index is 483. The van der Waals surface area contributed by atoms with Gasteiger partial charge >= 0.3 is 5.97 Å². The largest absolute Gasteiger partial charge is 0.508 e. The lowest BCUT2D eigenvalue weighted by Crippen LogP contribution is -2.43. The van der Waals surface area contributed by atoms with E-state index in [-0.39, 0.29) is 24.1 Å². The van der Waals surface area contributed by atoms with Crippen LogP contribution in [0.2, 0.25) is 0 Å². The normalized spacial score (nSPS) is 18.8. The molecule has 1 aromatic carbocycles. The second-order valence-electron chi connectivity index (χ2n) is 5.13. The van der Waals surface area contributed by atoms with E-state index in [0.717, 1.165) is 19.3 Å². The Morgan fingerprint density at radius 2 is 1.90 bits per heavy atom. The van der Waals surface area contributed by atoms with E-state index in [1.165, 1.54) is 12.1 Å². The Morgan fingerprint density at radius 3 is 2.55 bits per heavy atom. The molecular formula is C15H19NO4. The van der Waals surface area contributed by atoms with Gasteiger partial charge in [0.1, 0.15) is 5.75 Å². The van der Waals surface area contributed by atoms with Crippen LogP contribution < -0.4 is 0 Å². The van der Waals surface area contributed by atoms with Gasteiger partial charge in [-0.3, -0.25) is 9.59 Å². The number of phenols is 1. The van der Waals surface area contributed by atoms with E-state index in [9.17, 15) is 14.7 Å². The molecular weight excluding hydrogens is 258 g/mol. The van der Waals surface area contributed by atoms with Gasteiger partial charge in [-0.2, -0.15) is 0 Å². The minimum Gasteiger partial charge on any atom is -0.508 e. The quantitative estimate of drug-likeness (QED) is 0.884. The van der Waals surface area contributed by atoms with Gasteiger partial charge in [0.2, 0.25) is 0 Å². The predicted molar refractivity (Wildman–Crippen MR) is 73.7 cm³/mol. The molecule has 5 heteroatoms. The molecule has 1 fully saturated rings. The van der Waals surface area contributed by atoms with Crippen molar-refractivity contribution in [3.05, 3.63) is 29.8 Å². The topological polar surface area (TPSA) is 77.8 Å². The second kappa shape index (κ2) is 6.41. The number of likely N-dealkylation sites (tertiary alicyclic amines) is 1. The minimum absolute atomic E-state index is 0.00107. The van der Waals surface area contributed by atoms with Crippen LogP contribution in [0.5, 0.6) is 5.75 Å². The van der Waals surface area contributed by atoms with Crippen molar-refractivity contribution in [2.24, 2.45) is 0 Å². The highest BCUT2D eigenvalue weighted by Crippen LogP contribution is 2.23. The molecule has 5 nitrogen and oxygen atoms in total. The van der Waals surface area contributed by atoms with Gasteiger partial charge in [-0.15, -0.1) is 0 Å². The fourth-order valence-corrected chi connectivity index (χ4v) is 2.63. The van der Waals surface area contributed by atoms with Crippen molar-refractivity contribution in [2.75, 3.05) is 6.54 Å². The van der Waals surface area contributed by atoms with Crippen molar-refractivity contribution in [2.45, 2.75) is 38.1 Å². The van der Waals surface area contributed by atoms with E-state index in [0.29, 0.717) is 18.5 Å². The van der Waals surface area contributed by atoms with Gasteiger partial charge in [-0.25, -0.2) is 0 Å². The zero-order chi connectivity index (χ0) is 14.5. The van der Waals surface area contributed by atoms with Gasteiger partial charge in [0.05, 0.1) is 0 Å². The molecule has 0 aromatic heterocycles. The summed E-state index contributed by atoms with van der Waals surface area (Å²) in [5.74, 6) is -0.782. The number of benzene rings is 1. The van der Waals surface area contributed by atoms with Crippen LogP contribution in [-0.4, -0.2) is 39.6 Å². The summed E-state index contributed by atoms with van der Waals surface area (Å²) in [5.41, 5.74) is 0.532. The number of aromatic hydroxyl groups is 1. The van der Waals surface area contributed by atoms with Crippen LogP contribution in [0.15, 0.2) is 24.3 Å². The average Bonchev–Trinajstić information content (AvgIpc) is 2.45. The summed E-state index contributed by atoms with van der Waals surface area (Å²) in [6.45, 7) is 0.671. The SMILES string of the molecule is O=C(O)CCC1CCCCN1C(=O)c1ccc(O)cc1. The number of piperidine rings is 1. The Labute approximate surface area is 117 Å². The van der Waals surface area contributed by atoms with E-state index in [4.69, 9.17) is 5.11 Å². The van der Waals surface area contributed by atoms with Gasteiger partial charge in [0, 0.05) is 24.6 Å². The molecule has 1 unspecified atom stereocenters. The molecule has 1 heterocycles. The maximum absolute atomic E-state index is 12.5. The van der Waals surface area contributed by atoms with E-state index < -0.39 is 5.97 Å². The van der Waals surface area contributed by atoms with Crippen LogP contribution in [0.25, 0.3) is 0 Å². The zero-order valence-electron chi connectivity index (χ0n) is 11.3. The van der Waals surface area contributed by atoms with Crippen molar-refractivity contribution in [1.29, 1.82) is 0 Å². The molecule has 108 valence electrons. The Hall–Kier alpha value is -2.04. The number of nitrogens with zero attached hydrogens (tertiary/aromatic N) is 1. The Morgan fingerprint density at radius 1 is 1.20 bits per heavy atom. The van der Waals surface area contributed by atoms with Crippen LogP contribution in [-0.2, 0) is 4.79 Å². The molecule has 0 bridgehead atoms. The number of aliphatic carboxylic acids is 1. The number of amides is 1. The van der Waals surface area contributed by atoms with E-state index in [1.807, 2.05) is 0 Å². The number of carbonyl (C=O) groups excluding carboxylic acids is 1. The van der Waals surface area contributed by atoms with Crippen molar-refractivity contribution in [3.8, 4) is 5.75 Å². The molecule has 1 saturated heterocycles.